The summed E-state index contributed by atoms with van der Waals surface area (Å²) < 4.78 is 1.33. The van der Waals surface area contributed by atoms with Crippen molar-refractivity contribution in [2.75, 3.05) is 5.75 Å². The highest BCUT2D eigenvalue weighted by Crippen LogP contribution is 2.24. The second-order valence-corrected chi connectivity index (χ2v) is 5.92. The van der Waals surface area contributed by atoms with Crippen LogP contribution < -0.4 is 5.32 Å². The van der Waals surface area contributed by atoms with Crippen LogP contribution >= 0.6 is 23.1 Å². The van der Waals surface area contributed by atoms with Gasteiger partial charge in [-0.1, -0.05) is 6.07 Å². The first-order chi connectivity index (χ1) is 7.22. The van der Waals surface area contributed by atoms with Crippen LogP contribution in [0, 0.1) is 11.3 Å². The Morgan fingerprint density at radius 3 is 2.93 bits per heavy atom. The molecule has 1 N–H and O–H groups in total. The fourth-order valence-corrected chi connectivity index (χ4v) is 3.08. The van der Waals surface area contributed by atoms with Gasteiger partial charge in [-0.2, -0.15) is 5.26 Å². The molecule has 0 amide bonds. The van der Waals surface area contributed by atoms with Crippen LogP contribution in [0.25, 0.3) is 0 Å². The number of thiophene rings is 1. The lowest BCUT2D eigenvalue weighted by molar-refractivity contribution is 0.522. The maximum Gasteiger partial charge on any atom is 0.0962 e. The molecule has 0 saturated carbocycles. The van der Waals surface area contributed by atoms with Crippen LogP contribution in [0.2, 0.25) is 0 Å². The molecule has 0 aromatic carbocycles. The van der Waals surface area contributed by atoms with Gasteiger partial charge in [0.25, 0.3) is 0 Å². The van der Waals surface area contributed by atoms with E-state index in [-0.39, 0.29) is 6.04 Å². The zero-order chi connectivity index (χ0) is 11.1. The summed E-state index contributed by atoms with van der Waals surface area (Å²) in [4.78, 5) is 0. The first-order valence-corrected chi connectivity index (χ1v) is 6.91. The first kappa shape index (κ1) is 12.6. The average molecular weight is 240 g/mol. The maximum absolute atomic E-state index is 8.91. The molecule has 15 heavy (non-hydrogen) atoms. The quantitative estimate of drug-likeness (QED) is 0.776. The summed E-state index contributed by atoms with van der Waals surface area (Å²) in [6, 6.07) is 6.83. The molecule has 2 nitrogen and oxygen atoms in total. The minimum absolute atomic E-state index is 0.0162. The lowest BCUT2D eigenvalue weighted by Gasteiger charge is -2.13. The number of hydrogen-bond acceptors (Lipinski definition) is 4. The summed E-state index contributed by atoms with van der Waals surface area (Å²) >= 11 is 3.58. The molecule has 0 fully saturated rings. The Hall–Kier alpha value is -0.500. The summed E-state index contributed by atoms with van der Waals surface area (Å²) in [6.07, 6.45) is 0.900. The number of nitriles is 1. The van der Waals surface area contributed by atoms with Crippen molar-refractivity contribution >= 4 is 23.1 Å². The standard InChI is InChI=1S/C11H16N2S2/c1-9(2)13-10(8-12)5-7-15-11-4-3-6-14-11/h3-4,6,9-10,13H,5,7H2,1-2H3. The topological polar surface area (TPSA) is 35.8 Å². The van der Waals surface area contributed by atoms with Gasteiger partial charge in [0.1, 0.15) is 0 Å². The Labute approximate surface area is 99.7 Å². The summed E-state index contributed by atoms with van der Waals surface area (Å²) in [5, 5.41) is 14.2. The number of rotatable bonds is 6. The summed E-state index contributed by atoms with van der Waals surface area (Å²) in [6.45, 7) is 4.13. The molecule has 0 saturated heterocycles. The lowest BCUT2D eigenvalue weighted by atomic mass is 10.2. The SMILES string of the molecule is CC(C)NC(C#N)CCSc1cccs1. The van der Waals surface area contributed by atoms with Gasteiger partial charge in [0.2, 0.25) is 0 Å². The molecule has 0 aliphatic rings. The van der Waals surface area contributed by atoms with E-state index in [0.717, 1.165) is 12.2 Å². The lowest BCUT2D eigenvalue weighted by Crippen LogP contribution is -2.33. The predicted molar refractivity (Wildman–Crippen MR) is 67.3 cm³/mol. The van der Waals surface area contributed by atoms with Gasteiger partial charge < -0.3 is 0 Å². The first-order valence-electron chi connectivity index (χ1n) is 5.04. The summed E-state index contributed by atoms with van der Waals surface area (Å²) in [5.74, 6) is 0.998. The normalized spacial score (nSPS) is 12.7. The molecule has 0 bridgehead atoms. The van der Waals surface area contributed by atoms with Gasteiger partial charge >= 0.3 is 0 Å². The fraction of sp³-hybridized carbons (Fsp3) is 0.545. The molecule has 1 aromatic heterocycles. The van der Waals surface area contributed by atoms with Crippen LogP contribution in [0.4, 0.5) is 0 Å². The van der Waals surface area contributed by atoms with Gasteiger partial charge in [0, 0.05) is 11.8 Å². The van der Waals surface area contributed by atoms with Crippen molar-refractivity contribution < 1.29 is 0 Å². The Bertz CT molecular complexity index is 301. The molecule has 1 heterocycles. The van der Waals surface area contributed by atoms with Crippen LogP contribution in [0.15, 0.2) is 21.7 Å². The van der Waals surface area contributed by atoms with Crippen molar-refractivity contribution in [3.8, 4) is 6.07 Å². The van der Waals surface area contributed by atoms with Crippen molar-refractivity contribution in [3.05, 3.63) is 17.5 Å². The molecule has 4 heteroatoms. The van der Waals surface area contributed by atoms with E-state index in [1.165, 1.54) is 4.21 Å². The summed E-state index contributed by atoms with van der Waals surface area (Å²) in [5.41, 5.74) is 0. The Balaban J connectivity index is 2.21. The molecule has 1 atom stereocenters. The van der Waals surface area contributed by atoms with E-state index in [4.69, 9.17) is 5.26 Å². The Kier molecular flexibility index (Phi) is 5.77. The molecule has 0 aliphatic heterocycles. The molecule has 1 rings (SSSR count). The van der Waals surface area contributed by atoms with Crippen molar-refractivity contribution in [1.29, 1.82) is 5.26 Å². The van der Waals surface area contributed by atoms with Crippen LogP contribution in [-0.4, -0.2) is 17.8 Å². The van der Waals surface area contributed by atoms with Crippen LogP contribution in [0.1, 0.15) is 20.3 Å². The molecule has 1 aromatic rings. The molecule has 0 aliphatic carbocycles. The number of nitrogens with zero attached hydrogens (tertiary/aromatic N) is 1. The second kappa shape index (κ2) is 6.89. The Morgan fingerprint density at radius 1 is 1.60 bits per heavy atom. The third-order valence-electron chi connectivity index (χ3n) is 1.84. The molecule has 0 radical (unpaired) electrons. The van der Waals surface area contributed by atoms with Crippen molar-refractivity contribution in [1.82, 2.24) is 5.32 Å². The number of hydrogen-bond donors (Lipinski definition) is 1. The third-order valence-corrected chi connectivity index (χ3v) is 4.00. The monoisotopic (exact) mass is 240 g/mol. The van der Waals surface area contributed by atoms with E-state index in [2.05, 4.69) is 42.7 Å². The van der Waals surface area contributed by atoms with Crippen molar-refractivity contribution in [2.24, 2.45) is 0 Å². The van der Waals surface area contributed by atoms with Crippen molar-refractivity contribution in [2.45, 2.75) is 36.6 Å². The van der Waals surface area contributed by atoms with E-state index in [1.54, 1.807) is 11.3 Å². The largest absolute Gasteiger partial charge is 0.300 e. The molecular weight excluding hydrogens is 224 g/mol. The van der Waals surface area contributed by atoms with Gasteiger partial charge in [0.15, 0.2) is 0 Å². The molecule has 0 spiro atoms. The van der Waals surface area contributed by atoms with E-state index in [0.29, 0.717) is 6.04 Å². The highest BCUT2D eigenvalue weighted by atomic mass is 32.2. The number of nitrogens with one attached hydrogen (secondary N) is 1. The van der Waals surface area contributed by atoms with E-state index >= 15 is 0 Å². The zero-order valence-electron chi connectivity index (χ0n) is 9.06. The van der Waals surface area contributed by atoms with Crippen LogP contribution in [0.3, 0.4) is 0 Å². The van der Waals surface area contributed by atoms with E-state index in [1.807, 2.05) is 11.8 Å². The average Bonchev–Trinajstić information content (AvgIpc) is 2.68. The molecule has 1 unspecified atom stereocenters. The zero-order valence-corrected chi connectivity index (χ0v) is 10.7. The maximum atomic E-state index is 8.91. The highest BCUT2D eigenvalue weighted by Gasteiger charge is 2.08. The van der Waals surface area contributed by atoms with Gasteiger partial charge in [-0.3, -0.25) is 5.32 Å². The van der Waals surface area contributed by atoms with Gasteiger partial charge in [-0.25, -0.2) is 0 Å². The highest BCUT2D eigenvalue weighted by molar-refractivity contribution is 8.01. The van der Waals surface area contributed by atoms with Gasteiger partial charge in [-0.15, -0.1) is 23.1 Å². The molecular formula is C11H16N2S2. The van der Waals surface area contributed by atoms with Crippen LogP contribution in [-0.2, 0) is 0 Å². The van der Waals surface area contributed by atoms with Crippen molar-refractivity contribution in [3.63, 3.8) is 0 Å². The minimum Gasteiger partial charge on any atom is -0.300 e. The third kappa shape index (κ3) is 5.22. The Morgan fingerprint density at radius 2 is 2.40 bits per heavy atom. The summed E-state index contributed by atoms with van der Waals surface area (Å²) in [7, 11) is 0. The van der Waals surface area contributed by atoms with Gasteiger partial charge in [0.05, 0.1) is 16.3 Å². The van der Waals surface area contributed by atoms with E-state index in [9.17, 15) is 0 Å². The smallest absolute Gasteiger partial charge is 0.0962 e. The molecule has 82 valence electrons. The number of thioether (sulfide) groups is 1. The second-order valence-electron chi connectivity index (χ2n) is 3.57. The minimum atomic E-state index is -0.0162. The fourth-order valence-electron chi connectivity index (χ4n) is 1.21. The van der Waals surface area contributed by atoms with E-state index < -0.39 is 0 Å². The predicted octanol–water partition coefficient (Wildman–Crippen LogP) is 3.12. The van der Waals surface area contributed by atoms with Gasteiger partial charge in [-0.05, 0) is 31.7 Å². The van der Waals surface area contributed by atoms with Crippen LogP contribution in [0.5, 0.6) is 0 Å².